The summed E-state index contributed by atoms with van der Waals surface area (Å²) in [6, 6.07) is 13.4. The molecule has 0 radical (unpaired) electrons. The van der Waals surface area contributed by atoms with Gasteiger partial charge in [0, 0.05) is 0 Å². The molecular weight excluding hydrogens is 387 g/mol. The average Bonchev–Trinajstić information content (AvgIpc) is 2.81. The lowest BCUT2D eigenvalue weighted by atomic mass is 9.68. The van der Waals surface area contributed by atoms with Gasteiger partial charge in [-0.05, 0) is 104 Å². The summed E-state index contributed by atoms with van der Waals surface area (Å²) < 4.78 is 18.3. The molecule has 2 aromatic rings. The summed E-state index contributed by atoms with van der Waals surface area (Å²) in [6.07, 6.45) is 13.8. The van der Waals surface area contributed by atoms with Crippen LogP contribution in [0.1, 0.15) is 93.0 Å². The fourth-order valence-corrected chi connectivity index (χ4v) is 5.84. The van der Waals surface area contributed by atoms with Crippen LogP contribution in [0.2, 0.25) is 0 Å². The SMILES string of the molecule is CCC[C@H]1CC[C@H](C2CCC(c3ccc(C(=O)Oc4ccc(F)cc4)cc3)CC2)CC1. The molecule has 0 amide bonds. The normalized spacial score (nSPS) is 26.4. The molecule has 2 aliphatic rings. The first kappa shape index (κ1) is 22.0. The molecule has 0 aliphatic heterocycles. The molecule has 0 heterocycles. The number of halogens is 1. The van der Waals surface area contributed by atoms with Gasteiger partial charge in [0.15, 0.2) is 0 Å². The number of rotatable bonds is 6. The van der Waals surface area contributed by atoms with E-state index in [0.717, 1.165) is 17.8 Å². The van der Waals surface area contributed by atoms with Crippen molar-refractivity contribution in [2.75, 3.05) is 0 Å². The molecule has 2 nitrogen and oxygen atoms in total. The summed E-state index contributed by atoms with van der Waals surface area (Å²) in [5.74, 6) is 3.09. The Morgan fingerprint density at radius 2 is 1.42 bits per heavy atom. The predicted molar refractivity (Wildman–Crippen MR) is 123 cm³/mol. The minimum absolute atomic E-state index is 0.344. The van der Waals surface area contributed by atoms with E-state index < -0.39 is 5.97 Å². The molecule has 0 N–H and O–H groups in total. The van der Waals surface area contributed by atoms with Crippen LogP contribution in [0.25, 0.3) is 0 Å². The van der Waals surface area contributed by atoms with Crippen LogP contribution in [0, 0.1) is 23.6 Å². The molecule has 31 heavy (non-hydrogen) atoms. The largest absolute Gasteiger partial charge is 0.423 e. The highest BCUT2D eigenvalue weighted by atomic mass is 19.1. The van der Waals surface area contributed by atoms with E-state index in [2.05, 4.69) is 19.1 Å². The number of esters is 1. The van der Waals surface area contributed by atoms with Gasteiger partial charge in [0.25, 0.3) is 0 Å². The quantitative estimate of drug-likeness (QED) is 0.349. The highest BCUT2D eigenvalue weighted by Crippen LogP contribution is 2.44. The first-order chi connectivity index (χ1) is 15.1. The zero-order valence-corrected chi connectivity index (χ0v) is 18.7. The van der Waals surface area contributed by atoms with Gasteiger partial charge in [0.2, 0.25) is 0 Å². The summed E-state index contributed by atoms with van der Waals surface area (Å²) in [4.78, 5) is 12.4. The zero-order chi connectivity index (χ0) is 21.6. The van der Waals surface area contributed by atoms with Crippen LogP contribution in [0.15, 0.2) is 48.5 Å². The summed E-state index contributed by atoms with van der Waals surface area (Å²) in [5.41, 5.74) is 1.87. The van der Waals surface area contributed by atoms with Crippen LogP contribution < -0.4 is 4.74 Å². The Balaban J connectivity index is 1.26. The summed E-state index contributed by atoms with van der Waals surface area (Å²) in [5, 5.41) is 0. The second-order valence-corrected chi connectivity index (χ2v) is 9.65. The van der Waals surface area contributed by atoms with Crippen LogP contribution in [0.5, 0.6) is 5.75 Å². The van der Waals surface area contributed by atoms with E-state index in [4.69, 9.17) is 4.74 Å². The molecule has 4 rings (SSSR count). The van der Waals surface area contributed by atoms with Crippen LogP contribution in [0.3, 0.4) is 0 Å². The number of hydrogen-bond donors (Lipinski definition) is 0. The van der Waals surface area contributed by atoms with Gasteiger partial charge < -0.3 is 4.74 Å². The number of benzene rings is 2. The molecule has 0 aromatic heterocycles. The predicted octanol–water partition coefficient (Wildman–Crippen LogP) is 7.93. The summed E-state index contributed by atoms with van der Waals surface area (Å²) >= 11 is 0. The van der Waals surface area contributed by atoms with Crippen molar-refractivity contribution in [3.8, 4) is 5.75 Å². The van der Waals surface area contributed by atoms with Gasteiger partial charge >= 0.3 is 5.97 Å². The molecule has 0 spiro atoms. The minimum atomic E-state index is -0.402. The highest BCUT2D eigenvalue weighted by molar-refractivity contribution is 5.91. The fourth-order valence-electron chi connectivity index (χ4n) is 5.84. The van der Waals surface area contributed by atoms with E-state index in [1.807, 2.05) is 12.1 Å². The van der Waals surface area contributed by atoms with E-state index in [1.54, 1.807) is 0 Å². The maximum absolute atomic E-state index is 13.0. The van der Waals surface area contributed by atoms with Crippen molar-refractivity contribution in [2.24, 2.45) is 17.8 Å². The molecule has 0 atom stereocenters. The molecule has 3 heteroatoms. The average molecular weight is 423 g/mol. The van der Waals surface area contributed by atoms with E-state index in [1.165, 1.54) is 94.0 Å². The van der Waals surface area contributed by atoms with E-state index in [9.17, 15) is 9.18 Å². The third-order valence-electron chi connectivity index (χ3n) is 7.67. The van der Waals surface area contributed by atoms with Gasteiger partial charge in [-0.15, -0.1) is 0 Å². The summed E-state index contributed by atoms with van der Waals surface area (Å²) in [6.45, 7) is 2.31. The maximum Gasteiger partial charge on any atom is 0.343 e. The van der Waals surface area contributed by atoms with Crippen LogP contribution in [-0.2, 0) is 0 Å². The Labute approximate surface area is 186 Å². The lowest BCUT2D eigenvalue weighted by Gasteiger charge is -2.38. The van der Waals surface area contributed by atoms with Crippen molar-refractivity contribution >= 4 is 5.97 Å². The molecular formula is C28H35FO2. The second-order valence-electron chi connectivity index (χ2n) is 9.65. The van der Waals surface area contributed by atoms with E-state index >= 15 is 0 Å². The molecule has 2 fully saturated rings. The van der Waals surface area contributed by atoms with Crippen molar-refractivity contribution < 1.29 is 13.9 Å². The third kappa shape index (κ3) is 5.75. The Hall–Kier alpha value is -2.16. The lowest BCUT2D eigenvalue weighted by Crippen LogP contribution is -2.25. The molecule has 2 aliphatic carbocycles. The summed E-state index contributed by atoms with van der Waals surface area (Å²) in [7, 11) is 0. The third-order valence-corrected chi connectivity index (χ3v) is 7.67. The van der Waals surface area contributed by atoms with E-state index in [0.29, 0.717) is 17.2 Å². The van der Waals surface area contributed by atoms with Crippen molar-refractivity contribution in [1.29, 1.82) is 0 Å². The Bertz CT molecular complexity index is 826. The first-order valence-corrected chi connectivity index (χ1v) is 12.2. The number of ether oxygens (including phenoxy) is 1. The molecule has 0 bridgehead atoms. The van der Waals surface area contributed by atoms with Gasteiger partial charge in [-0.1, -0.05) is 44.7 Å². The second kappa shape index (κ2) is 10.4. The smallest absolute Gasteiger partial charge is 0.343 e. The molecule has 0 saturated heterocycles. The number of carbonyl (C=O) groups excluding carboxylic acids is 1. The number of carbonyl (C=O) groups is 1. The van der Waals surface area contributed by atoms with Gasteiger partial charge in [0.1, 0.15) is 11.6 Å². The van der Waals surface area contributed by atoms with Crippen LogP contribution >= 0.6 is 0 Å². The minimum Gasteiger partial charge on any atom is -0.423 e. The van der Waals surface area contributed by atoms with Crippen molar-refractivity contribution in [3.63, 3.8) is 0 Å². The molecule has 2 aromatic carbocycles. The van der Waals surface area contributed by atoms with Crippen molar-refractivity contribution in [2.45, 2.75) is 77.0 Å². The Morgan fingerprint density at radius 3 is 2.00 bits per heavy atom. The lowest BCUT2D eigenvalue weighted by molar-refractivity contribution is 0.0734. The Morgan fingerprint density at radius 1 is 0.839 bits per heavy atom. The zero-order valence-electron chi connectivity index (χ0n) is 18.7. The standard InChI is InChI=1S/C28H35FO2/c1-2-3-20-4-6-21(7-5-20)22-8-10-23(11-9-22)24-12-14-25(15-13-24)28(30)31-27-18-16-26(29)17-19-27/h12-23H,2-11H2,1H3/t20-,21-,22?,23?. The Kier molecular flexibility index (Phi) is 7.42. The first-order valence-electron chi connectivity index (χ1n) is 12.2. The number of hydrogen-bond acceptors (Lipinski definition) is 2. The van der Waals surface area contributed by atoms with Crippen LogP contribution in [0.4, 0.5) is 4.39 Å². The molecule has 2 saturated carbocycles. The fraction of sp³-hybridized carbons (Fsp3) is 0.536. The molecule has 0 unspecified atom stereocenters. The van der Waals surface area contributed by atoms with E-state index in [-0.39, 0.29) is 5.82 Å². The topological polar surface area (TPSA) is 26.3 Å². The molecule has 166 valence electrons. The highest BCUT2D eigenvalue weighted by Gasteiger charge is 2.31. The monoisotopic (exact) mass is 422 g/mol. The maximum atomic E-state index is 13.0. The van der Waals surface area contributed by atoms with Gasteiger partial charge in [0.05, 0.1) is 5.56 Å². The van der Waals surface area contributed by atoms with Crippen LogP contribution in [-0.4, -0.2) is 5.97 Å². The van der Waals surface area contributed by atoms with Gasteiger partial charge in [-0.25, -0.2) is 9.18 Å². The van der Waals surface area contributed by atoms with Gasteiger partial charge in [-0.3, -0.25) is 0 Å². The van der Waals surface area contributed by atoms with Crippen molar-refractivity contribution in [3.05, 3.63) is 65.5 Å². The van der Waals surface area contributed by atoms with Crippen molar-refractivity contribution in [1.82, 2.24) is 0 Å². The van der Waals surface area contributed by atoms with Gasteiger partial charge in [-0.2, -0.15) is 0 Å².